The molecule has 1 aliphatic rings. The third kappa shape index (κ3) is 2.47. The van der Waals surface area contributed by atoms with Gasteiger partial charge in [0.2, 0.25) is 0 Å². The fourth-order valence-electron chi connectivity index (χ4n) is 3.92. The van der Waals surface area contributed by atoms with E-state index in [-0.39, 0.29) is 6.04 Å². The van der Waals surface area contributed by atoms with Crippen LogP contribution >= 0.6 is 0 Å². The average Bonchev–Trinajstić information content (AvgIpc) is 3.05. The van der Waals surface area contributed by atoms with Crippen molar-refractivity contribution < 1.29 is 14.6 Å². The van der Waals surface area contributed by atoms with Gasteiger partial charge >= 0.3 is 5.97 Å². The molecule has 0 spiro atoms. The summed E-state index contributed by atoms with van der Waals surface area (Å²) in [6.07, 6.45) is 0.937. The van der Waals surface area contributed by atoms with Crippen LogP contribution in [0, 0.1) is 0 Å². The first-order valence-electron chi connectivity index (χ1n) is 8.82. The van der Waals surface area contributed by atoms with Crippen LogP contribution < -0.4 is 10.1 Å². The molecule has 2 aromatic carbocycles. The van der Waals surface area contributed by atoms with Crippen molar-refractivity contribution in [3.05, 3.63) is 65.4 Å². The zero-order chi connectivity index (χ0) is 18.3. The van der Waals surface area contributed by atoms with Crippen LogP contribution in [-0.4, -0.2) is 28.7 Å². The first-order valence-corrected chi connectivity index (χ1v) is 8.82. The summed E-state index contributed by atoms with van der Waals surface area (Å²) >= 11 is 0. The summed E-state index contributed by atoms with van der Waals surface area (Å²) < 4.78 is 5.37. The van der Waals surface area contributed by atoms with E-state index < -0.39 is 11.5 Å². The van der Waals surface area contributed by atoms with E-state index in [1.54, 1.807) is 7.11 Å². The minimum atomic E-state index is -0.994. The van der Waals surface area contributed by atoms with Crippen LogP contribution in [0.2, 0.25) is 0 Å². The van der Waals surface area contributed by atoms with Crippen LogP contribution in [0.15, 0.2) is 48.5 Å². The highest BCUT2D eigenvalue weighted by Gasteiger charge is 2.45. The Bertz CT molecular complexity index is 964. The second-order valence-corrected chi connectivity index (χ2v) is 6.83. The Hall–Kier alpha value is -2.79. The number of carbonyl (C=O) groups is 1. The highest BCUT2D eigenvalue weighted by Crippen LogP contribution is 2.40. The summed E-state index contributed by atoms with van der Waals surface area (Å²) in [4.78, 5) is 15.7. The monoisotopic (exact) mass is 350 g/mol. The number of H-pyrrole nitrogens is 1. The lowest BCUT2D eigenvalue weighted by Crippen LogP contribution is -2.57. The fourth-order valence-corrected chi connectivity index (χ4v) is 3.92. The fraction of sp³-hybridized carbons (Fsp3) is 0.286. The van der Waals surface area contributed by atoms with E-state index >= 15 is 0 Å². The Morgan fingerprint density at radius 1 is 1.27 bits per heavy atom. The Balaban J connectivity index is 1.96. The van der Waals surface area contributed by atoms with Crippen LogP contribution in [0.5, 0.6) is 5.75 Å². The molecule has 5 heteroatoms. The van der Waals surface area contributed by atoms with Crippen LogP contribution in [0.3, 0.4) is 0 Å². The van der Waals surface area contributed by atoms with Crippen LogP contribution in [0.1, 0.15) is 36.2 Å². The van der Waals surface area contributed by atoms with Gasteiger partial charge in [-0.3, -0.25) is 10.1 Å². The second kappa shape index (κ2) is 6.18. The number of methoxy groups -OCH3 is 1. The number of aromatic nitrogens is 1. The van der Waals surface area contributed by atoms with E-state index in [0.717, 1.165) is 33.5 Å². The maximum atomic E-state index is 12.2. The van der Waals surface area contributed by atoms with Crippen molar-refractivity contribution >= 4 is 16.9 Å². The Morgan fingerprint density at radius 2 is 2.04 bits per heavy atom. The molecule has 5 nitrogen and oxygen atoms in total. The molecule has 2 unspecified atom stereocenters. The van der Waals surface area contributed by atoms with Gasteiger partial charge in [-0.25, -0.2) is 0 Å². The van der Waals surface area contributed by atoms with Crippen molar-refractivity contribution in [1.29, 1.82) is 0 Å². The van der Waals surface area contributed by atoms with Crippen LogP contribution in [0.25, 0.3) is 10.9 Å². The maximum Gasteiger partial charge on any atom is 0.324 e. The Labute approximate surface area is 152 Å². The van der Waals surface area contributed by atoms with Gasteiger partial charge in [-0.05, 0) is 35.7 Å². The van der Waals surface area contributed by atoms with Crippen molar-refractivity contribution in [1.82, 2.24) is 10.3 Å². The highest BCUT2D eigenvalue weighted by atomic mass is 16.5. The zero-order valence-electron chi connectivity index (χ0n) is 14.9. The summed E-state index contributed by atoms with van der Waals surface area (Å²) in [5.41, 5.74) is 3.13. The average molecular weight is 350 g/mol. The van der Waals surface area contributed by atoms with Gasteiger partial charge in [0.05, 0.1) is 13.2 Å². The third-order valence-electron chi connectivity index (χ3n) is 5.48. The van der Waals surface area contributed by atoms with E-state index in [9.17, 15) is 9.90 Å². The lowest BCUT2D eigenvalue weighted by molar-refractivity contribution is -0.145. The number of hydrogen-bond donors (Lipinski definition) is 3. The molecule has 0 radical (unpaired) electrons. The van der Waals surface area contributed by atoms with Crippen molar-refractivity contribution in [2.75, 3.05) is 7.11 Å². The number of carboxylic acids is 1. The first-order chi connectivity index (χ1) is 12.6. The Morgan fingerprint density at radius 3 is 2.69 bits per heavy atom. The minimum absolute atomic E-state index is 0.200. The molecule has 3 N–H and O–H groups in total. The lowest BCUT2D eigenvalue weighted by atomic mass is 9.80. The predicted molar refractivity (Wildman–Crippen MR) is 101 cm³/mol. The minimum Gasteiger partial charge on any atom is -0.497 e. The van der Waals surface area contributed by atoms with Gasteiger partial charge in [0.25, 0.3) is 0 Å². The summed E-state index contributed by atoms with van der Waals surface area (Å²) in [7, 11) is 1.64. The molecule has 1 aromatic heterocycles. The Kier molecular flexibility index (Phi) is 3.96. The number of hydrogen-bond acceptors (Lipinski definition) is 3. The summed E-state index contributed by atoms with van der Waals surface area (Å²) in [5.74, 6) is -0.0460. The molecule has 0 aliphatic carbocycles. The van der Waals surface area contributed by atoms with Crippen LogP contribution in [0.4, 0.5) is 0 Å². The molecule has 3 aromatic rings. The van der Waals surface area contributed by atoms with Gasteiger partial charge < -0.3 is 14.8 Å². The molecule has 0 saturated carbocycles. The normalized spacial score (nSPS) is 22.2. The van der Waals surface area contributed by atoms with E-state index in [1.807, 2.05) is 55.5 Å². The molecular formula is C21H22N2O3. The largest absolute Gasteiger partial charge is 0.497 e. The number of rotatable bonds is 4. The number of carboxylic acid groups (broad SMARTS) is 1. The molecule has 2 atom stereocenters. The van der Waals surface area contributed by atoms with Gasteiger partial charge in [-0.15, -0.1) is 0 Å². The molecule has 0 fully saturated rings. The highest BCUT2D eigenvalue weighted by molar-refractivity contribution is 5.89. The van der Waals surface area contributed by atoms with Gasteiger partial charge in [0.15, 0.2) is 0 Å². The molecule has 26 heavy (non-hydrogen) atoms. The van der Waals surface area contributed by atoms with E-state index in [2.05, 4.69) is 10.3 Å². The molecule has 0 saturated heterocycles. The zero-order valence-corrected chi connectivity index (χ0v) is 14.9. The molecule has 4 rings (SSSR count). The predicted octanol–water partition coefficient (Wildman–Crippen LogP) is 3.65. The standard InChI is InChI=1S/C21H22N2O3/c1-3-21(20(24)25)12-16-15-11-14(26-2)9-10-17(15)22-19(16)18(23-21)13-7-5-4-6-8-13/h4-11,18,22-23H,3,12H2,1-2H3,(H,24,25). The smallest absolute Gasteiger partial charge is 0.324 e. The number of aromatic amines is 1. The van der Waals surface area contributed by atoms with Gasteiger partial charge in [-0.1, -0.05) is 37.3 Å². The molecule has 2 heterocycles. The van der Waals surface area contributed by atoms with Gasteiger partial charge in [-0.2, -0.15) is 0 Å². The molecule has 134 valence electrons. The number of ether oxygens (including phenoxy) is 1. The lowest BCUT2D eigenvalue weighted by Gasteiger charge is -2.39. The van der Waals surface area contributed by atoms with Crippen LogP contribution in [-0.2, 0) is 11.2 Å². The van der Waals surface area contributed by atoms with Crippen molar-refractivity contribution in [2.24, 2.45) is 0 Å². The molecule has 0 bridgehead atoms. The number of benzene rings is 2. The van der Waals surface area contributed by atoms with Gasteiger partial charge in [0.1, 0.15) is 11.3 Å². The summed E-state index contributed by atoms with van der Waals surface area (Å²) in [6.45, 7) is 1.92. The van der Waals surface area contributed by atoms with E-state index in [0.29, 0.717) is 12.8 Å². The number of nitrogens with one attached hydrogen (secondary N) is 2. The SMILES string of the molecule is CCC1(C(=O)O)Cc2c([nH]c3ccc(OC)cc23)C(c2ccccc2)N1. The van der Waals surface area contributed by atoms with Crippen molar-refractivity contribution in [3.8, 4) is 5.75 Å². The second-order valence-electron chi connectivity index (χ2n) is 6.83. The maximum absolute atomic E-state index is 12.2. The summed E-state index contributed by atoms with van der Waals surface area (Å²) in [6, 6.07) is 15.7. The molecule has 1 aliphatic heterocycles. The van der Waals surface area contributed by atoms with E-state index in [4.69, 9.17) is 4.74 Å². The van der Waals surface area contributed by atoms with Crippen molar-refractivity contribution in [3.63, 3.8) is 0 Å². The van der Waals surface area contributed by atoms with E-state index in [1.165, 1.54) is 0 Å². The summed E-state index contributed by atoms with van der Waals surface area (Å²) in [5, 5.41) is 14.4. The number of fused-ring (bicyclic) bond motifs is 3. The molecular weight excluding hydrogens is 328 g/mol. The van der Waals surface area contributed by atoms with Gasteiger partial charge in [0, 0.05) is 23.0 Å². The topological polar surface area (TPSA) is 74.3 Å². The van der Waals surface area contributed by atoms with Crippen molar-refractivity contribution in [2.45, 2.75) is 31.3 Å². The first kappa shape index (κ1) is 16.7. The third-order valence-corrected chi connectivity index (χ3v) is 5.48. The quantitative estimate of drug-likeness (QED) is 0.671. The molecule has 0 amide bonds. The number of aliphatic carboxylic acids is 1.